The van der Waals surface area contributed by atoms with Gasteiger partial charge in [-0.1, -0.05) is 41.9 Å². The molecule has 0 heterocycles. The number of para-hydroxylation sites is 1. The van der Waals surface area contributed by atoms with Crippen LogP contribution in [0.15, 0.2) is 42.5 Å². The SMILES string of the molecule is CNCc1ccc(-c2ccccc2OC(C)C)cc1Cl. The van der Waals surface area contributed by atoms with Crippen LogP contribution < -0.4 is 10.1 Å². The molecule has 0 bridgehead atoms. The van der Waals surface area contributed by atoms with Crippen LogP contribution in [0.4, 0.5) is 0 Å². The summed E-state index contributed by atoms with van der Waals surface area (Å²) in [5, 5.41) is 3.89. The second-order valence-corrected chi connectivity index (χ2v) is 5.41. The van der Waals surface area contributed by atoms with E-state index in [1.807, 2.05) is 45.2 Å². The van der Waals surface area contributed by atoms with Crippen molar-refractivity contribution in [3.05, 3.63) is 53.1 Å². The van der Waals surface area contributed by atoms with E-state index in [9.17, 15) is 0 Å². The zero-order valence-corrected chi connectivity index (χ0v) is 12.9. The lowest BCUT2D eigenvalue weighted by Gasteiger charge is -2.15. The van der Waals surface area contributed by atoms with Crippen molar-refractivity contribution in [3.63, 3.8) is 0 Å². The second-order valence-electron chi connectivity index (χ2n) is 5.00. The molecule has 0 spiro atoms. The van der Waals surface area contributed by atoms with E-state index in [1.165, 1.54) is 0 Å². The first-order valence-electron chi connectivity index (χ1n) is 6.81. The van der Waals surface area contributed by atoms with E-state index in [-0.39, 0.29) is 6.10 Å². The highest BCUT2D eigenvalue weighted by atomic mass is 35.5. The number of rotatable bonds is 5. The lowest BCUT2D eigenvalue weighted by atomic mass is 10.0. The zero-order chi connectivity index (χ0) is 14.5. The molecule has 0 radical (unpaired) electrons. The smallest absolute Gasteiger partial charge is 0.127 e. The average Bonchev–Trinajstić information content (AvgIpc) is 2.41. The number of halogens is 1. The molecular formula is C17H20ClNO. The molecule has 0 amide bonds. The second kappa shape index (κ2) is 6.78. The van der Waals surface area contributed by atoms with Gasteiger partial charge in [0.1, 0.15) is 5.75 Å². The maximum absolute atomic E-state index is 6.34. The average molecular weight is 290 g/mol. The quantitative estimate of drug-likeness (QED) is 0.874. The fraction of sp³-hybridized carbons (Fsp3) is 0.294. The van der Waals surface area contributed by atoms with Crippen molar-refractivity contribution < 1.29 is 4.74 Å². The molecule has 106 valence electrons. The highest BCUT2D eigenvalue weighted by Crippen LogP contribution is 2.33. The van der Waals surface area contributed by atoms with Gasteiger partial charge in [-0.25, -0.2) is 0 Å². The first kappa shape index (κ1) is 14.9. The Morgan fingerprint density at radius 3 is 2.55 bits per heavy atom. The molecule has 0 saturated carbocycles. The molecular weight excluding hydrogens is 270 g/mol. The molecule has 2 rings (SSSR count). The Morgan fingerprint density at radius 1 is 1.15 bits per heavy atom. The van der Waals surface area contributed by atoms with Gasteiger partial charge in [-0.3, -0.25) is 0 Å². The molecule has 0 aromatic heterocycles. The lowest BCUT2D eigenvalue weighted by Crippen LogP contribution is -2.07. The Kier molecular flexibility index (Phi) is 5.05. The highest BCUT2D eigenvalue weighted by Gasteiger charge is 2.09. The summed E-state index contributed by atoms with van der Waals surface area (Å²) in [5.41, 5.74) is 3.24. The van der Waals surface area contributed by atoms with Crippen LogP contribution in [-0.2, 0) is 6.54 Å². The Bertz CT molecular complexity index is 581. The van der Waals surface area contributed by atoms with Gasteiger partial charge in [0, 0.05) is 17.1 Å². The van der Waals surface area contributed by atoms with Gasteiger partial charge in [-0.05, 0) is 44.2 Å². The minimum Gasteiger partial charge on any atom is -0.490 e. The first-order chi connectivity index (χ1) is 9.61. The fourth-order valence-corrected chi connectivity index (χ4v) is 2.36. The van der Waals surface area contributed by atoms with Crippen molar-refractivity contribution >= 4 is 11.6 Å². The van der Waals surface area contributed by atoms with Gasteiger partial charge in [0.2, 0.25) is 0 Å². The predicted octanol–water partition coefficient (Wildman–Crippen LogP) is 4.51. The van der Waals surface area contributed by atoms with Crippen LogP contribution in [0, 0.1) is 0 Å². The fourth-order valence-electron chi connectivity index (χ4n) is 2.11. The van der Waals surface area contributed by atoms with Gasteiger partial charge in [-0.2, -0.15) is 0 Å². The molecule has 2 nitrogen and oxygen atoms in total. The Balaban J connectivity index is 2.39. The summed E-state index contributed by atoms with van der Waals surface area (Å²) in [7, 11) is 1.91. The number of ether oxygens (including phenoxy) is 1. The minimum absolute atomic E-state index is 0.148. The van der Waals surface area contributed by atoms with E-state index < -0.39 is 0 Å². The molecule has 0 aliphatic heterocycles. The largest absolute Gasteiger partial charge is 0.490 e. The van der Waals surface area contributed by atoms with E-state index in [0.29, 0.717) is 0 Å². The van der Waals surface area contributed by atoms with Gasteiger partial charge in [-0.15, -0.1) is 0 Å². The summed E-state index contributed by atoms with van der Waals surface area (Å²) < 4.78 is 5.86. The van der Waals surface area contributed by atoms with Gasteiger partial charge < -0.3 is 10.1 Å². The van der Waals surface area contributed by atoms with Crippen molar-refractivity contribution in [2.75, 3.05) is 7.05 Å². The predicted molar refractivity (Wildman–Crippen MR) is 85.4 cm³/mol. The van der Waals surface area contributed by atoms with Crippen molar-refractivity contribution in [2.24, 2.45) is 0 Å². The number of hydrogen-bond acceptors (Lipinski definition) is 2. The summed E-state index contributed by atoms with van der Waals surface area (Å²) in [6, 6.07) is 14.2. The molecule has 2 aromatic carbocycles. The molecule has 0 fully saturated rings. The minimum atomic E-state index is 0.148. The van der Waals surface area contributed by atoms with E-state index in [1.54, 1.807) is 0 Å². The van der Waals surface area contributed by atoms with Crippen LogP contribution in [0.1, 0.15) is 19.4 Å². The summed E-state index contributed by atoms with van der Waals surface area (Å²) in [4.78, 5) is 0. The van der Waals surface area contributed by atoms with Crippen LogP contribution in [0.2, 0.25) is 5.02 Å². The Morgan fingerprint density at radius 2 is 1.90 bits per heavy atom. The zero-order valence-electron chi connectivity index (χ0n) is 12.1. The van der Waals surface area contributed by atoms with E-state index in [4.69, 9.17) is 16.3 Å². The first-order valence-corrected chi connectivity index (χ1v) is 7.18. The van der Waals surface area contributed by atoms with Crippen LogP contribution in [0.5, 0.6) is 5.75 Å². The highest BCUT2D eigenvalue weighted by molar-refractivity contribution is 6.31. The molecule has 1 N–H and O–H groups in total. The molecule has 0 atom stereocenters. The number of benzene rings is 2. The standard InChI is InChI=1S/C17H20ClNO/c1-12(2)20-17-7-5-4-6-15(17)13-8-9-14(11-19-3)16(18)10-13/h4-10,12,19H,11H2,1-3H3. The topological polar surface area (TPSA) is 21.3 Å². The molecule has 2 aromatic rings. The van der Waals surface area contributed by atoms with E-state index in [0.717, 1.165) is 34.0 Å². The number of hydrogen-bond donors (Lipinski definition) is 1. The summed E-state index contributed by atoms with van der Waals surface area (Å²) >= 11 is 6.34. The van der Waals surface area contributed by atoms with Gasteiger partial charge >= 0.3 is 0 Å². The van der Waals surface area contributed by atoms with Gasteiger partial charge in [0.15, 0.2) is 0 Å². The molecule has 0 aliphatic carbocycles. The van der Waals surface area contributed by atoms with E-state index >= 15 is 0 Å². The van der Waals surface area contributed by atoms with Crippen LogP contribution >= 0.6 is 11.6 Å². The maximum Gasteiger partial charge on any atom is 0.127 e. The monoisotopic (exact) mass is 289 g/mol. The lowest BCUT2D eigenvalue weighted by molar-refractivity contribution is 0.243. The Labute approximate surface area is 125 Å². The Hall–Kier alpha value is -1.51. The normalized spacial score (nSPS) is 10.8. The van der Waals surface area contributed by atoms with Crippen molar-refractivity contribution in [2.45, 2.75) is 26.5 Å². The molecule has 0 unspecified atom stereocenters. The van der Waals surface area contributed by atoms with Crippen molar-refractivity contribution in [1.29, 1.82) is 0 Å². The number of nitrogens with one attached hydrogen (secondary N) is 1. The third kappa shape index (κ3) is 3.53. The van der Waals surface area contributed by atoms with Crippen LogP contribution in [-0.4, -0.2) is 13.2 Å². The maximum atomic E-state index is 6.34. The summed E-state index contributed by atoms with van der Waals surface area (Å²) in [6.07, 6.45) is 0.148. The molecule has 20 heavy (non-hydrogen) atoms. The van der Waals surface area contributed by atoms with Gasteiger partial charge in [0.05, 0.1) is 6.10 Å². The third-order valence-electron chi connectivity index (χ3n) is 2.98. The van der Waals surface area contributed by atoms with Crippen LogP contribution in [0.3, 0.4) is 0 Å². The van der Waals surface area contributed by atoms with Crippen molar-refractivity contribution in [3.8, 4) is 16.9 Å². The molecule has 3 heteroatoms. The summed E-state index contributed by atoms with van der Waals surface area (Å²) in [6.45, 7) is 4.82. The van der Waals surface area contributed by atoms with Crippen LogP contribution in [0.25, 0.3) is 11.1 Å². The third-order valence-corrected chi connectivity index (χ3v) is 3.33. The van der Waals surface area contributed by atoms with Crippen molar-refractivity contribution in [1.82, 2.24) is 5.32 Å². The van der Waals surface area contributed by atoms with E-state index in [2.05, 4.69) is 23.5 Å². The summed E-state index contributed by atoms with van der Waals surface area (Å²) in [5.74, 6) is 0.889. The molecule has 0 aliphatic rings. The molecule has 0 saturated heterocycles. The van der Waals surface area contributed by atoms with Gasteiger partial charge in [0.25, 0.3) is 0 Å².